The highest BCUT2D eigenvalue weighted by Crippen LogP contribution is 2.51. The molecule has 0 aromatic heterocycles. The van der Waals surface area contributed by atoms with E-state index in [4.69, 9.17) is 19.9 Å². The fraction of sp³-hybridized carbons (Fsp3) is 0.900. The number of rotatable bonds is 10. The van der Waals surface area contributed by atoms with E-state index in [1.54, 1.807) is 0 Å². The van der Waals surface area contributed by atoms with Crippen molar-refractivity contribution in [3.63, 3.8) is 0 Å². The summed E-state index contributed by atoms with van der Waals surface area (Å²) in [5.74, 6) is -2.99. The molecule has 0 rings (SSSR count). The molecule has 0 saturated heterocycles. The summed E-state index contributed by atoms with van der Waals surface area (Å²) in [5.41, 5.74) is 5.35. The van der Waals surface area contributed by atoms with Gasteiger partial charge in [-0.05, 0) is 12.8 Å². The van der Waals surface area contributed by atoms with Crippen LogP contribution < -0.4 is 5.73 Å². The van der Waals surface area contributed by atoms with Crippen LogP contribution in [0.15, 0.2) is 0 Å². The second-order valence-electron chi connectivity index (χ2n) is 3.70. The van der Waals surface area contributed by atoms with E-state index >= 15 is 0 Å². The van der Waals surface area contributed by atoms with Gasteiger partial charge in [0.2, 0.25) is 5.78 Å². The van der Waals surface area contributed by atoms with Crippen LogP contribution in [0.2, 0.25) is 0 Å². The first-order valence-corrected chi connectivity index (χ1v) is 7.46. The molecule has 0 saturated carbocycles. The highest BCUT2D eigenvalue weighted by atomic mass is 31.2. The van der Waals surface area contributed by atoms with Gasteiger partial charge in [-0.1, -0.05) is 26.7 Å². The van der Waals surface area contributed by atoms with Gasteiger partial charge in [0, 0.05) is 0 Å². The van der Waals surface area contributed by atoms with Gasteiger partial charge in [-0.3, -0.25) is 4.57 Å². The van der Waals surface area contributed by atoms with E-state index in [0.29, 0.717) is 12.8 Å². The van der Waals surface area contributed by atoms with Crippen LogP contribution in [-0.4, -0.2) is 30.1 Å². The van der Waals surface area contributed by atoms with Gasteiger partial charge < -0.3 is 19.9 Å². The van der Waals surface area contributed by atoms with Crippen LogP contribution in [0, 0.1) is 0 Å². The summed E-state index contributed by atoms with van der Waals surface area (Å²) in [6.45, 7) is 4.29. The lowest BCUT2D eigenvalue weighted by Crippen LogP contribution is -2.32. The van der Waals surface area contributed by atoms with Crippen molar-refractivity contribution in [1.82, 2.24) is 0 Å². The van der Waals surface area contributed by atoms with Gasteiger partial charge >= 0.3 is 13.6 Å². The number of carbonyl (C=O) groups is 1. The van der Waals surface area contributed by atoms with E-state index in [1.165, 1.54) is 0 Å². The molecule has 1 unspecified atom stereocenters. The number of hydrogen-bond donors (Lipinski definition) is 2. The average Bonchev–Trinajstić information content (AvgIpc) is 2.28. The summed E-state index contributed by atoms with van der Waals surface area (Å²) in [7, 11) is -3.75. The van der Waals surface area contributed by atoms with Crippen molar-refractivity contribution in [1.29, 1.82) is 0 Å². The third-order valence-electron chi connectivity index (χ3n) is 2.13. The molecule has 3 N–H and O–H groups in total. The van der Waals surface area contributed by atoms with Crippen molar-refractivity contribution >= 4 is 13.6 Å². The first-order valence-electron chi connectivity index (χ1n) is 5.85. The predicted octanol–water partition coefficient (Wildman–Crippen LogP) is 2.18. The minimum absolute atomic E-state index is 0.195. The summed E-state index contributed by atoms with van der Waals surface area (Å²) >= 11 is 0. The smallest absolute Gasteiger partial charge is 0.358 e. The van der Waals surface area contributed by atoms with Gasteiger partial charge in [0.15, 0.2) is 0 Å². The third-order valence-corrected chi connectivity index (χ3v) is 4.12. The molecule has 0 fully saturated rings. The molecule has 7 heteroatoms. The fourth-order valence-corrected chi connectivity index (χ4v) is 2.44. The Kier molecular flexibility index (Phi) is 8.43. The number of hydrogen-bond acceptors (Lipinski definition) is 5. The summed E-state index contributed by atoms with van der Waals surface area (Å²) < 4.78 is 22.3. The van der Waals surface area contributed by atoms with Crippen LogP contribution in [0.5, 0.6) is 0 Å². The fourth-order valence-electron chi connectivity index (χ4n) is 1.01. The van der Waals surface area contributed by atoms with E-state index in [-0.39, 0.29) is 13.2 Å². The lowest BCUT2D eigenvalue weighted by atomic mass is 10.4. The molecule has 0 amide bonds. The topological polar surface area (TPSA) is 98.9 Å². The Balaban J connectivity index is 4.45. The lowest BCUT2D eigenvalue weighted by molar-refractivity contribution is -0.136. The second-order valence-corrected chi connectivity index (χ2v) is 5.85. The van der Waals surface area contributed by atoms with E-state index in [2.05, 4.69) is 0 Å². The molecule has 0 heterocycles. The SMILES string of the molecule is CCCCOP(=O)(OCCCC)C(N)C(=O)O. The Morgan fingerprint density at radius 3 is 1.94 bits per heavy atom. The zero-order valence-corrected chi connectivity index (χ0v) is 11.3. The molecular weight excluding hydrogens is 245 g/mol. The molecule has 1 atom stereocenters. The van der Waals surface area contributed by atoms with Crippen LogP contribution >= 0.6 is 7.60 Å². The normalized spacial score (nSPS) is 13.6. The van der Waals surface area contributed by atoms with Crippen LogP contribution in [0.1, 0.15) is 39.5 Å². The van der Waals surface area contributed by atoms with Crippen LogP contribution in [0.4, 0.5) is 0 Å². The molecule has 0 aliphatic rings. The average molecular weight is 267 g/mol. The highest BCUT2D eigenvalue weighted by Gasteiger charge is 2.38. The molecule has 0 aliphatic carbocycles. The zero-order valence-electron chi connectivity index (χ0n) is 10.4. The Labute approximate surface area is 102 Å². The number of aliphatic carboxylic acids is 1. The summed E-state index contributed by atoms with van der Waals surface area (Å²) in [6, 6.07) is 0. The van der Waals surface area contributed by atoms with Crippen molar-refractivity contribution in [2.45, 2.75) is 45.3 Å². The van der Waals surface area contributed by atoms with Crippen molar-refractivity contribution in [2.24, 2.45) is 5.73 Å². The summed E-state index contributed by atoms with van der Waals surface area (Å²) in [5, 5.41) is 8.77. The number of carboxylic acids is 1. The van der Waals surface area contributed by atoms with Gasteiger partial charge in [0.1, 0.15) is 0 Å². The predicted molar refractivity (Wildman–Crippen MR) is 64.9 cm³/mol. The number of carboxylic acid groups (broad SMARTS) is 1. The third kappa shape index (κ3) is 6.17. The summed E-state index contributed by atoms with van der Waals surface area (Å²) in [6.07, 6.45) is 3.09. The van der Waals surface area contributed by atoms with Crippen molar-refractivity contribution < 1.29 is 23.5 Å². The van der Waals surface area contributed by atoms with Crippen LogP contribution in [-0.2, 0) is 18.4 Å². The Hall–Kier alpha value is -0.420. The maximum Gasteiger partial charge on any atom is 0.358 e. The second kappa shape index (κ2) is 8.64. The first-order chi connectivity index (χ1) is 7.98. The Morgan fingerprint density at radius 2 is 1.65 bits per heavy atom. The van der Waals surface area contributed by atoms with Gasteiger partial charge in [0.05, 0.1) is 13.2 Å². The molecule has 102 valence electrons. The zero-order chi connectivity index (χ0) is 13.3. The van der Waals surface area contributed by atoms with Crippen molar-refractivity contribution in [3.8, 4) is 0 Å². The van der Waals surface area contributed by atoms with Gasteiger partial charge in [-0.25, -0.2) is 4.79 Å². The highest BCUT2D eigenvalue weighted by molar-refractivity contribution is 7.55. The monoisotopic (exact) mass is 267 g/mol. The first kappa shape index (κ1) is 16.6. The Morgan fingerprint density at radius 1 is 1.24 bits per heavy atom. The lowest BCUT2D eigenvalue weighted by Gasteiger charge is -2.21. The molecule has 0 spiro atoms. The maximum absolute atomic E-state index is 12.2. The molecular formula is C10H22NO5P. The molecule has 0 bridgehead atoms. The van der Waals surface area contributed by atoms with Gasteiger partial charge in [-0.15, -0.1) is 0 Å². The van der Waals surface area contributed by atoms with Crippen molar-refractivity contribution in [2.75, 3.05) is 13.2 Å². The standard InChI is InChI=1S/C10H22NO5P/c1-3-5-7-15-17(14,9(11)10(12)13)16-8-6-4-2/h9H,3-8,11H2,1-2H3,(H,12,13). The Bertz CT molecular complexity index is 257. The minimum atomic E-state index is -3.75. The molecule has 0 aromatic carbocycles. The number of unbranched alkanes of at least 4 members (excludes halogenated alkanes) is 2. The largest absolute Gasteiger partial charge is 0.480 e. The van der Waals surface area contributed by atoms with E-state index in [9.17, 15) is 9.36 Å². The van der Waals surface area contributed by atoms with E-state index in [0.717, 1.165) is 12.8 Å². The minimum Gasteiger partial charge on any atom is -0.480 e. The van der Waals surface area contributed by atoms with Gasteiger partial charge in [-0.2, -0.15) is 0 Å². The number of nitrogens with two attached hydrogens (primary N) is 1. The molecule has 0 aromatic rings. The molecule has 6 nitrogen and oxygen atoms in total. The maximum atomic E-state index is 12.2. The summed E-state index contributed by atoms with van der Waals surface area (Å²) in [4.78, 5) is 10.8. The van der Waals surface area contributed by atoms with Crippen molar-refractivity contribution in [3.05, 3.63) is 0 Å². The van der Waals surface area contributed by atoms with Crippen LogP contribution in [0.3, 0.4) is 0 Å². The molecule has 0 radical (unpaired) electrons. The van der Waals surface area contributed by atoms with E-state index < -0.39 is 19.3 Å². The van der Waals surface area contributed by atoms with Crippen LogP contribution in [0.25, 0.3) is 0 Å². The van der Waals surface area contributed by atoms with Gasteiger partial charge in [0.25, 0.3) is 0 Å². The molecule has 17 heavy (non-hydrogen) atoms. The quantitative estimate of drug-likeness (QED) is 0.465. The molecule has 0 aliphatic heterocycles. The van der Waals surface area contributed by atoms with E-state index in [1.807, 2.05) is 13.8 Å².